The third kappa shape index (κ3) is 4.53. The van der Waals surface area contributed by atoms with E-state index >= 15 is 0 Å². The Morgan fingerprint density at radius 2 is 1.74 bits per heavy atom. The van der Waals surface area contributed by atoms with Gasteiger partial charge in [-0.3, -0.25) is 4.79 Å². The summed E-state index contributed by atoms with van der Waals surface area (Å²) in [6, 6.07) is 22.6. The molecule has 0 aliphatic carbocycles. The van der Waals surface area contributed by atoms with E-state index in [-0.39, 0.29) is 30.1 Å². The largest absolute Gasteiger partial charge is 0.361 e. The number of hydrogen-bond acceptors (Lipinski definition) is 1. The lowest BCUT2D eigenvalue weighted by Gasteiger charge is -2.20. The number of fused-ring (bicyclic) bond motifs is 1. The van der Waals surface area contributed by atoms with Crippen molar-refractivity contribution in [1.29, 1.82) is 0 Å². The first-order chi connectivity index (χ1) is 15.1. The van der Waals surface area contributed by atoms with Crippen LogP contribution in [0.15, 0.2) is 79.0 Å². The van der Waals surface area contributed by atoms with Crippen molar-refractivity contribution in [2.45, 2.75) is 38.6 Å². The Labute approximate surface area is 182 Å². The van der Waals surface area contributed by atoms with Gasteiger partial charge in [-0.1, -0.05) is 67.6 Å². The Morgan fingerprint density at radius 3 is 2.48 bits per heavy atom. The number of H-pyrrole nitrogens is 1. The highest BCUT2D eigenvalue weighted by molar-refractivity contribution is 5.88. The number of benzene rings is 3. The van der Waals surface area contributed by atoms with Gasteiger partial charge >= 0.3 is 0 Å². The van der Waals surface area contributed by atoms with Gasteiger partial charge in [-0.05, 0) is 47.7 Å². The third-order valence-corrected chi connectivity index (χ3v) is 5.91. The minimum Gasteiger partial charge on any atom is -0.361 e. The molecule has 2 N–H and O–H groups in total. The molecule has 4 rings (SSSR count). The van der Waals surface area contributed by atoms with Gasteiger partial charge in [0.2, 0.25) is 5.91 Å². The Kier molecular flexibility index (Phi) is 6.17. The number of nitrogens with one attached hydrogen (secondary N) is 2. The van der Waals surface area contributed by atoms with Crippen molar-refractivity contribution in [2.75, 3.05) is 0 Å². The maximum absolute atomic E-state index is 14.1. The van der Waals surface area contributed by atoms with Crippen molar-refractivity contribution in [3.8, 4) is 0 Å². The van der Waals surface area contributed by atoms with Crippen molar-refractivity contribution in [3.63, 3.8) is 0 Å². The quantitative estimate of drug-likeness (QED) is 0.368. The van der Waals surface area contributed by atoms with E-state index in [0.717, 1.165) is 34.0 Å². The van der Waals surface area contributed by atoms with E-state index in [2.05, 4.69) is 29.4 Å². The number of amides is 1. The number of aromatic amines is 1. The van der Waals surface area contributed by atoms with Crippen LogP contribution in [0, 0.1) is 5.82 Å². The Balaban J connectivity index is 1.67. The molecule has 158 valence electrons. The lowest BCUT2D eigenvalue weighted by atomic mass is 9.87. The summed E-state index contributed by atoms with van der Waals surface area (Å²) in [4.78, 5) is 16.4. The van der Waals surface area contributed by atoms with Crippen molar-refractivity contribution in [1.82, 2.24) is 10.3 Å². The van der Waals surface area contributed by atoms with Gasteiger partial charge in [-0.25, -0.2) is 4.39 Å². The molecule has 1 amide bonds. The molecule has 3 aromatic carbocycles. The maximum atomic E-state index is 14.1. The summed E-state index contributed by atoms with van der Waals surface area (Å²) in [5.41, 5.74) is 5.17. The first-order valence-corrected chi connectivity index (χ1v) is 10.8. The second-order valence-electron chi connectivity index (χ2n) is 7.95. The number of aromatic nitrogens is 1. The van der Waals surface area contributed by atoms with Crippen LogP contribution in [0.4, 0.5) is 4.39 Å². The average Bonchev–Trinajstić information content (AvgIpc) is 3.22. The molecule has 0 unspecified atom stereocenters. The Hall–Kier alpha value is -3.40. The molecule has 0 aliphatic rings. The first kappa shape index (κ1) is 20.9. The summed E-state index contributed by atoms with van der Waals surface area (Å²) in [5, 5.41) is 4.18. The summed E-state index contributed by atoms with van der Waals surface area (Å²) in [6.45, 7) is 4.10. The van der Waals surface area contributed by atoms with Gasteiger partial charge < -0.3 is 10.3 Å². The molecule has 0 spiro atoms. The molecule has 0 radical (unpaired) electrons. The number of aryl methyl sites for hydroxylation is 1. The highest BCUT2D eigenvalue weighted by Crippen LogP contribution is 2.35. The number of carbonyl (C=O) groups excluding carboxylic acids is 1. The number of rotatable bonds is 7. The highest BCUT2D eigenvalue weighted by Gasteiger charge is 2.23. The molecule has 31 heavy (non-hydrogen) atoms. The molecular weight excluding hydrogens is 387 g/mol. The minimum absolute atomic E-state index is 0.0633. The molecule has 3 nitrogen and oxygen atoms in total. The van der Waals surface area contributed by atoms with E-state index in [1.165, 1.54) is 17.7 Å². The fourth-order valence-corrected chi connectivity index (χ4v) is 4.26. The van der Waals surface area contributed by atoms with Crippen LogP contribution < -0.4 is 5.32 Å². The van der Waals surface area contributed by atoms with Crippen molar-refractivity contribution >= 4 is 16.8 Å². The summed E-state index contributed by atoms with van der Waals surface area (Å²) < 4.78 is 14.1. The number of carbonyl (C=O) groups is 1. The molecule has 4 aromatic rings. The van der Waals surface area contributed by atoms with Crippen LogP contribution in [-0.2, 0) is 11.2 Å². The van der Waals surface area contributed by atoms with Gasteiger partial charge in [0.15, 0.2) is 0 Å². The molecule has 0 saturated carbocycles. The fourth-order valence-electron chi connectivity index (χ4n) is 4.26. The topological polar surface area (TPSA) is 44.9 Å². The highest BCUT2D eigenvalue weighted by atomic mass is 19.1. The lowest BCUT2D eigenvalue weighted by Crippen LogP contribution is -2.28. The van der Waals surface area contributed by atoms with Gasteiger partial charge in [-0.15, -0.1) is 0 Å². The third-order valence-electron chi connectivity index (χ3n) is 5.91. The number of para-hydroxylation sites is 1. The molecule has 0 bridgehead atoms. The van der Waals surface area contributed by atoms with Gasteiger partial charge in [0.1, 0.15) is 5.82 Å². The number of halogens is 1. The summed E-state index contributed by atoms with van der Waals surface area (Å²) >= 11 is 0. The van der Waals surface area contributed by atoms with Gasteiger partial charge in [0.05, 0.1) is 6.04 Å². The zero-order chi connectivity index (χ0) is 21.8. The van der Waals surface area contributed by atoms with Gasteiger partial charge in [-0.2, -0.15) is 0 Å². The summed E-state index contributed by atoms with van der Waals surface area (Å²) in [7, 11) is 0. The molecule has 0 saturated heterocycles. The molecular formula is C27H27FN2O. The standard InChI is InChI=1S/C27H27FN2O/c1-3-19-11-8-14-23-25(17-29-27(19)23)24(21-12-7-13-22(28)15-21)16-26(31)30-18(2)20-9-5-4-6-10-20/h4-15,17-18,24,29H,3,16H2,1-2H3,(H,30,31)/t18-,24-/m0/s1. The van der Waals surface area contributed by atoms with Crippen LogP contribution in [0.1, 0.15) is 54.5 Å². The SMILES string of the molecule is CCc1cccc2c([C@@H](CC(=O)N[C@@H](C)c3ccccc3)c3cccc(F)c3)c[nH]c12. The predicted molar refractivity (Wildman–Crippen MR) is 124 cm³/mol. The van der Waals surface area contributed by atoms with Crippen LogP contribution in [-0.4, -0.2) is 10.9 Å². The lowest BCUT2D eigenvalue weighted by molar-refractivity contribution is -0.121. The molecule has 1 aromatic heterocycles. The van der Waals surface area contributed by atoms with Gasteiger partial charge in [0.25, 0.3) is 0 Å². The molecule has 1 heterocycles. The van der Waals surface area contributed by atoms with E-state index in [1.54, 1.807) is 6.07 Å². The predicted octanol–water partition coefficient (Wildman–Crippen LogP) is 6.27. The fraction of sp³-hybridized carbons (Fsp3) is 0.222. The molecule has 0 fully saturated rings. The van der Waals surface area contributed by atoms with Crippen molar-refractivity contribution in [2.24, 2.45) is 0 Å². The van der Waals surface area contributed by atoms with Crippen LogP contribution in [0.25, 0.3) is 10.9 Å². The van der Waals surface area contributed by atoms with Crippen LogP contribution in [0.3, 0.4) is 0 Å². The second-order valence-corrected chi connectivity index (χ2v) is 7.95. The van der Waals surface area contributed by atoms with E-state index < -0.39 is 0 Å². The van der Waals surface area contributed by atoms with Crippen LogP contribution in [0.2, 0.25) is 0 Å². The Bertz CT molecular complexity index is 1180. The first-order valence-electron chi connectivity index (χ1n) is 10.8. The normalized spacial score (nSPS) is 13.1. The molecule has 2 atom stereocenters. The van der Waals surface area contributed by atoms with Crippen LogP contribution >= 0.6 is 0 Å². The second kappa shape index (κ2) is 9.17. The van der Waals surface area contributed by atoms with E-state index in [9.17, 15) is 9.18 Å². The molecule has 0 aliphatic heterocycles. The van der Waals surface area contributed by atoms with Crippen LogP contribution in [0.5, 0.6) is 0 Å². The molecule has 4 heteroatoms. The van der Waals surface area contributed by atoms with Gasteiger partial charge in [0, 0.05) is 29.4 Å². The monoisotopic (exact) mass is 414 g/mol. The zero-order valence-corrected chi connectivity index (χ0v) is 17.9. The smallest absolute Gasteiger partial charge is 0.221 e. The van der Waals surface area contributed by atoms with Crippen molar-refractivity contribution < 1.29 is 9.18 Å². The number of hydrogen-bond donors (Lipinski definition) is 2. The van der Waals surface area contributed by atoms with Crippen molar-refractivity contribution in [3.05, 3.63) is 107 Å². The summed E-state index contributed by atoms with van der Waals surface area (Å²) in [6.07, 6.45) is 3.12. The minimum atomic E-state index is -0.297. The zero-order valence-electron chi connectivity index (χ0n) is 17.9. The van der Waals surface area contributed by atoms with E-state index in [1.807, 2.05) is 55.6 Å². The average molecular weight is 415 g/mol. The Morgan fingerprint density at radius 1 is 1.00 bits per heavy atom. The van der Waals surface area contributed by atoms with E-state index in [0.29, 0.717) is 0 Å². The van der Waals surface area contributed by atoms with E-state index in [4.69, 9.17) is 0 Å². The maximum Gasteiger partial charge on any atom is 0.221 e. The summed E-state index contributed by atoms with van der Waals surface area (Å²) in [5.74, 6) is -0.610.